The second kappa shape index (κ2) is 7.38. The molecule has 0 aliphatic carbocycles. The van der Waals surface area contributed by atoms with Gasteiger partial charge in [-0.25, -0.2) is 4.39 Å². The van der Waals surface area contributed by atoms with Crippen LogP contribution >= 0.6 is 15.9 Å². The number of halogens is 2. The molecule has 9 heteroatoms. The lowest BCUT2D eigenvalue weighted by molar-refractivity contribution is -0.384. The van der Waals surface area contributed by atoms with Gasteiger partial charge in [-0.1, -0.05) is 15.9 Å². The number of fused-ring (bicyclic) bond motifs is 2. The van der Waals surface area contributed by atoms with Gasteiger partial charge in [-0.15, -0.1) is 0 Å². The third kappa shape index (κ3) is 3.09. The van der Waals surface area contributed by atoms with Crippen molar-refractivity contribution >= 4 is 44.2 Å². The van der Waals surface area contributed by atoms with Gasteiger partial charge < -0.3 is 4.42 Å². The molecule has 0 saturated carbocycles. The van der Waals surface area contributed by atoms with Crippen molar-refractivity contribution in [1.82, 2.24) is 0 Å². The van der Waals surface area contributed by atoms with Crippen molar-refractivity contribution in [2.75, 3.05) is 4.90 Å². The highest BCUT2D eigenvalue weighted by atomic mass is 79.9. The molecule has 4 aromatic rings. The van der Waals surface area contributed by atoms with Gasteiger partial charge in [-0.05, 0) is 60.2 Å². The average Bonchev–Trinajstić information content (AvgIpc) is 3.07. The lowest BCUT2D eigenvalue weighted by Crippen LogP contribution is -2.29. The zero-order chi connectivity index (χ0) is 22.6. The molecule has 1 aromatic heterocycles. The second-order valence-corrected chi connectivity index (χ2v) is 8.13. The maximum atomic E-state index is 13.8. The van der Waals surface area contributed by atoms with Crippen LogP contribution in [-0.2, 0) is 0 Å². The molecule has 0 N–H and O–H groups in total. The molecule has 7 nitrogen and oxygen atoms in total. The van der Waals surface area contributed by atoms with E-state index >= 15 is 0 Å². The first-order chi connectivity index (χ1) is 15.3. The van der Waals surface area contributed by atoms with E-state index in [9.17, 15) is 24.1 Å². The average molecular weight is 495 g/mol. The molecule has 1 atom stereocenters. The van der Waals surface area contributed by atoms with Crippen molar-refractivity contribution in [3.05, 3.63) is 114 Å². The summed E-state index contributed by atoms with van der Waals surface area (Å²) in [5.74, 6) is -1.28. The molecule has 1 unspecified atom stereocenters. The highest BCUT2D eigenvalue weighted by molar-refractivity contribution is 9.10. The van der Waals surface area contributed by atoms with Crippen LogP contribution in [0.5, 0.6) is 0 Å². The van der Waals surface area contributed by atoms with Gasteiger partial charge in [-0.3, -0.25) is 24.6 Å². The molecule has 0 bridgehead atoms. The standard InChI is InChI=1S/C23H12BrFN2O5/c24-13-3-8-15(9-4-13)26-20(12-1-6-16(7-2-12)27(30)31)19-21(28)17-11-14(25)5-10-18(17)32-22(19)23(26)29/h1-11,20H. The van der Waals surface area contributed by atoms with Gasteiger partial charge in [0.1, 0.15) is 11.4 Å². The Balaban J connectivity index is 1.78. The molecule has 3 aromatic carbocycles. The number of hydrogen-bond acceptors (Lipinski definition) is 5. The Morgan fingerprint density at radius 2 is 1.69 bits per heavy atom. The number of nitro groups is 1. The van der Waals surface area contributed by atoms with Crippen molar-refractivity contribution in [3.63, 3.8) is 0 Å². The Hall–Kier alpha value is -3.85. The van der Waals surface area contributed by atoms with E-state index in [1.54, 1.807) is 24.3 Å². The number of carbonyl (C=O) groups is 1. The van der Waals surface area contributed by atoms with E-state index in [0.717, 1.165) is 16.6 Å². The van der Waals surface area contributed by atoms with Crippen molar-refractivity contribution < 1.29 is 18.5 Å². The summed E-state index contributed by atoms with van der Waals surface area (Å²) in [5.41, 5.74) is 0.489. The Morgan fingerprint density at radius 1 is 1.00 bits per heavy atom. The number of nitro benzene ring substituents is 1. The molecular weight excluding hydrogens is 483 g/mol. The fourth-order valence-corrected chi connectivity index (χ4v) is 4.17. The summed E-state index contributed by atoms with van der Waals surface area (Å²) >= 11 is 3.36. The highest BCUT2D eigenvalue weighted by Gasteiger charge is 2.43. The molecule has 1 aliphatic heterocycles. The topological polar surface area (TPSA) is 93.7 Å². The van der Waals surface area contributed by atoms with Crippen LogP contribution in [0.25, 0.3) is 11.0 Å². The van der Waals surface area contributed by atoms with Crippen LogP contribution < -0.4 is 10.3 Å². The minimum Gasteiger partial charge on any atom is -0.450 e. The van der Waals surface area contributed by atoms with Gasteiger partial charge >= 0.3 is 0 Å². The number of amides is 1. The normalized spacial score (nSPS) is 15.2. The van der Waals surface area contributed by atoms with Gasteiger partial charge in [0, 0.05) is 22.3 Å². The number of carbonyl (C=O) groups excluding carboxylic acids is 1. The van der Waals surface area contributed by atoms with Crippen LogP contribution in [0.15, 0.2) is 80.4 Å². The summed E-state index contributed by atoms with van der Waals surface area (Å²) < 4.78 is 20.4. The number of rotatable bonds is 3. The van der Waals surface area contributed by atoms with Crippen LogP contribution in [0.2, 0.25) is 0 Å². The van der Waals surface area contributed by atoms with E-state index in [4.69, 9.17) is 4.42 Å². The summed E-state index contributed by atoms with van der Waals surface area (Å²) in [5, 5.41) is 11.1. The van der Waals surface area contributed by atoms with Crippen molar-refractivity contribution in [2.45, 2.75) is 6.04 Å². The zero-order valence-electron chi connectivity index (χ0n) is 16.1. The Labute approximate surface area is 188 Å². The largest absolute Gasteiger partial charge is 0.450 e. The van der Waals surface area contributed by atoms with Gasteiger partial charge in [0.2, 0.25) is 5.76 Å². The van der Waals surface area contributed by atoms with Crippen molar-refractivity contribution in [3.8, 4) is 0 Å². The van der Waals surface area contributed by atoms with E-state index < -0.39 is 28.1 Å². The molecule has 0 fully saturated rings. The minimum absolute atomic E-state index is 0.0149. The molecule has 5 rings (SSSR count). The van der Waals surface area contributed by atoms with E-state index in [-0.39, 0.29) is 28.0 Å². The predicted molar refractivity (Wildman–Crippen MR) is 118 cm³/mol. The van der Waals surface area contributed by atoms with Crippen LogP contribution in [0.4, 0.5) is 15.8 Å². The smallest absolute Gasteiger partial charge is 0.295 e. The van der Waals surface area contributed by atoms with E-state index in [2.05, 4.69) is 15.9 Å². The van der Waals surface area contributed by atoms with Crippen LogP contribution in [0.1, 0.15) is 27.7 Å². The number of hydrogen-bond donors (Lipinski definition) is 0. The van der Waals surface area contributed by atoms with Crippen molar-refractivity contribution in [2.24, 2.45) is 0 Å². The number of benzene rings is 3. The van der Waals surface area contributed by atoms with E-state index in [1.807, 2.05) is 0 Å². The first kappa shape index (κ1) is 20.1. The lowest BCUT2D eigenvalue weighted by atomic mass is 9.98. The third-order valence-corrected chi connectivity index (χ3v) is 5.89. The molecule has 158 valence electrons. The Morgan fingerprint density at radius 3 is 2.34 bits per heavy atom. The molecular formula is C23H12BrFN2O5. The number of non-ortho nitro benzene ring substituents is 1. The maximum Gasteiger partial charge on any atom is 0.295 e. The van der Waals surface area contributed by atoms with E-state index in [0.29, 0.717) is 11.3 Å². The molecule has 32 heavy (non-hydrogen) atoms. The predicted octanol–water partition coefficient (Wildman–Crippen LogP) is 5.35. The summed E-state index contributed by atoms with van der Waals surface area (Å²) in [4.78, 5) is 38.7. The van der Waals surface area contributed by atoms with E-state index in [1.165, 1.54) is 35.2 Å². The number of anilines is 1. The second-order valence-electron chi connectivity index (χ2n) is 7.22. The molecule has 0 spiro atoms. The fraction of sp³-hybridized carbons (Fsp3) is 0.0435. The van der Waals surface area contributed by atoms with Gasteiger partial charge in [-0.2, -0.15) is 0 Å². The van der Waals surface area contributed by atoms with Crippen LogP contribution in [0, 0.1) is 15.9 Å². The quantitative estimate of drug-likeness (QED) is 0.282. The van der Waals surface area contributed by atoms with Crippen LogP contribution in [0.3, 0.4) is 0 Å². The highest BCUT2D eigenvalue weighted by Crippen LogP contribution is 2.41. The van der Waals surface area contributed by atoms with Crippen molar-refractivity contribution in [1.29, 1.82) is 0 Å². The minimum atomic E-state index is -0.900. The Kier molecular flexibility index (Phi) is 4.63. The Bertz CT molecular complexity index is 1470. The molecule has 1 amide bonds. The van der Waals surface area contributed by atoms with Crippen LogP contribution in [-0.4, -0.2) is 10.8 Å². The summed E-state index contributed by atoms with van der Waals surface area (Å²) in [6, 6.07) is 15.1. The molecule has 2 heterocycles. The lowest BCUT2D eigenvalue weighted by Gasteiger charge is -2.25. The molecule has 0 radical (unpaired) electrons. The monoisotopic (exact) mass is 494 g/mol. The third-order valence-electron chi connectivity index (χ3n) is 5.36. The van der Waals surface area contributed by atoms with Gasteiger partial charge in [0.05, 0.1) is 21.9 Å². The fourth-order valence-electron chi connectivity index (χ4n) is 3.91. The molecule has 1 aliphatic rings. The summed E-state index contributed by atoms with van der Waals surface area (Å²) in [6.07, 6.45) is 0. The maximum absolute atomic E-state index is 13.8. The summed E-state index contributed by atoms with van der Waals surface area (Å²) in [6.45, 7) is 0. The van der Waals surface area contributed by atoms with Gasteiger partial charge in [0.25, 0.3) is 11.6 Å². The molecule has 0 saturated heterocycles. The SMILES string of the molecule is O=C1c2oc3ccc(F)cc3c(=O)c2C(c2ccc([N+](=O)[O-])cc2)N1c1ccc(Br)cc1. The first-order valence-electron chi connectivity index (χ1n) is 9.45. The number of nitrogens with zero attached hydrogens (tertiary/aromatic N) is 2. The summed E-state index contributed by atoms with van der Waals surface area (Å²) in [7, 11) is 0. The first-order valence-corrected chi connectivity index (χ1v) is 10.2. The van der Waals surface area contributed by atoms with Gasteiger partial charge in [0.15, 0.2) is 5.43 Å². The zero-order valence-corrected chi connectivity index (χ0v) is 17.7.